The lowest BCUT2D eigenvalue weighted by Gasteiger charge is -2.31. The van der Waals surface area contributed by atoms with Crippen LogP contribution in [0.4, 0.5) is 0 Å². The Morgan fingerprint density at radius 1 is 1.19 bits per heavy atom. The Hall–Kier alpha value is -1.67. The van der Waals surface area contributed by atoms with Gasteiger partial charge in [0.15, 0.2) is 0 Å². The molecule has 1 aliphatic heterocycles. The maximum atomic E-state index is 11.8. The maximum Gasteiger partial charge on any atom is 0.241 e. The van der Waals surface area contributed by atoms with Gasteiger partial charge >= 0.3 is 0 Å². The number of rotatable bonds is 7. The molecule has 8 nitrogen and oxygen atoms in total. The second kappa shape index (κ2) is 9.30. The highest BCUT2D eigenvalue weighted by Crippen LogP contribution is 2.17. The number of likely N-dealkylation sites (tertiary alicyclic amines) is 1. The van der Waals surface area contributed by atoms with Crippen molar-refractivity contribution in [2.75, 3.05) is 39.3 Å². The molecule has 0 spiro atoms. The zero-order valence-electron chi connectivity index (χ0n) is 12.1. The van der Waals surface area contributed by atoms with Gasteiger partial charge in [-0.25, -0.2) is 0 Å². The summed E-state index contributed by atoms with van der Waals surface area (Å²) in [5, 5.41) is 13.9. The molecule has 3 amide bonds. The van der Waals surface area contributed by atoms with E-state index in [0.29, 0.717) is 38.9 Å². The Balaban J connectivity index is 2.26. The van der Waals surface area contributed by atoms with E-state index in [1.807, 2.05) is 0 Å². The van der Waals surface area contributed by atoms with Gasteiger partial charge in [-0.1, -0.05) is 0 Å². The van der Waals surface area contributed by atoms with Gasteiger partial charge in [-0.05, 0) is 19.3 Å². The van der Waals surface area contributed by atoms with E-state index in [-0.39, 0.29) is 43.3 Å². The minimum absolute atomic E-state index is 0.0213. The SMILES string of the molecule is NCC(=O)NCC(=O)N1CCC(C(=O)NCCCO)CC1. The highest BCUT2D eigenvalue weighted by molar-refractivity contribution is 5.85. The lowest BCUT2D eigenvalue weighted by atomic mass is 9.96. The Labute approximate surface area is 124 Å². The monoisotopic (exact) mass is 300 g/mol. The standard InChI is InChI=1S/C13H24N4O4/c14-8-11(19)16-9-12(20)17-5-2-10(3-6-17)13(21)15-4-1-7-18/h10,18H,1-9,14H2,(H,15,21)(H,16,19). The number of amides is 3. The predicted molar refractivity (Wildman–Crippen MR) is 76.1 cm³/mol. The molecular weight excluding hydrogens is 276 g/mol. The van der Waals surface area contributed by atoms with E-state index < -0.39 is 0 Å². The summed E-state index contributed by atoms with van der Waals surface area (Å²) in [4.78, 5) is 36.3. The van der Waals surface area contributed by atoms with E-state index in [0.717, 1.165) is 0 Å². The highest BCUT2D eigenvalue weighted by Gasteiger charge is 2.26. The van der Waals surface area contributed by atoms with Crippen molar-refractivity contribution in [3.8, 4) is 0 Å². The van der Waals surface area contributed by atoms with Gasteiger partial charge < -0.3 is 26.4 Å². The number of aliphatic hydroxyl groups excluding tert-OH is 1. The van der Waals surface area contributed by atoms with Gasteiger partial charge in [0.05, 0.1) is 13.1 Å². The molecule has 1 saturated heterocycles. The van der Waals surface area contributed by atoms with Crippen molar-refractivity contribution in [3.05, 3.63) is 0 Å². The lowest BCUT2D eigenvalue weighted by molar-refractivity contribution is -0.136. The fourth-order valence-electron chi connectivity index (χ4n) is 2.18. The van der Waals surface area contributed by atoms with Crippen LogP contribution in [0, 0.1) is 5.92 Å². The number of carbonyl (C=O) groups is 3. The summed E-state index contributed by atoms with van der Waals surface area (Å²) in [6.45, 7) is 1.36. The maximum absolute atomic E-state index is 11.8. The number of hydrogen-bond acceptors (Lipinski definition) is 5. The van der Waals surface area contributed by atoms with Crippen molar-refractivity contribution in [2.24, 2.45) is 11.7 Å². The third kappa shape index (κ3) is 6.09. The minimum Gasteiger partial charge on any atom is -0.396 e. The summed E-state index contributed by atoms with van der Waals surface area (Å²) in [6.07, 6.45) is 1.77. The molecule has 1 aliphatic rings. The van der Waals surface area contributed by atoms with Crippen molar-refractivity contribution >= 4 is 17.7 Å². The first kappa shape index (κ1) is 17.4. The quantitative estimate of drug-likeness (QED) is 0.397. The van der Waals surface area contributed by atoms with Crippen LogP contribution in [0.5, 0.6) is 0 Å². The Bertz CT molecular complexity index is 367. The molecule has 0 aromatic carbocycles. The van der Waals surface area contributed by atoms with Crippen LogP contribution in [0.25, 0.3) is 0 Å². The van der Waals surface area contributed by atoms with Gasteiger partial charge in [0.1, 0.15) is 0 Å². The van der Waals surface area contributed by atoms with Gasteiger partial charge in [-0.15, -0.1) is 0 Å². The minimum atomic E-state index is -0.360. The Kier molecular flexibility index (Phi) is 7.70. The van der Waals surface area contributed by atoms with Gasteiger partial charge in [0, 0.05) is 32.2 Å². The van der Waals surface area contributed by atoms with Crippen LogP contribution in [0.2, 0.25) is 0 Å². The number of aliphatic hydroxyl groups is 1. The molecule has 0 aromatic heterocycles. The van der Waals surface area contributed by atoms with Crippen LogP contribution in [0.3, 0.4) is 0 Å². The molecule has 120 valence electrons. The molecule has 5 N–H and O–H groups in total. The number of hydrogen-bond donors (Lipinski definition) is 4. The number of nitrogens with one attached hydrogen (secondary N) is 2. The van der Waals surface area contributed by atoms with Crippen molar-refractivity contribution in [2.45, 2.75) is 19.3 Å². The molecule has 0 radical (unpaired) electrons. The first-order valence-corrected chi connectivity index (χ1v) is 7.21. The van der Waals surface area contributed by atoms with Crippen LogP contribution in [-0.4, -0.2) is 67.1 Å². The smallest absolute Gasteiger partial charge is 0.241 e. The lowest BCUT2D eigenvalue weighted by Crippen LogP contribution is -2.47. The van der Waals surface area contributed by atoms with E-state index in [9.17, 15) is 14.4 Å². The van der Waals surface area contributed by atoms with E-state index in [1.165, 1.54) is 0 Å². The molecule has 0 atom stereocenters. The Morgan fingerprint density at radius 2 is 1.86 bits per heavy atom. The number of nitrogens with two attached hydrogens (primary N) is 1. The third-order valence-electron chi connectivity index (χ3n) is 3.47. The fourth-order valence-corrected chi connectivity index (χ4v) is 2.18. The first-order chi connectivity index (χ1) is 10.1. The number of piperidine rings is 1. The highest BCUT2D eigenvalue weighted by atomic mass is 16.3. The van der Waals surface area contributed by atoms with Crippen LogP contribution >= 0.6 is 0 Å². The van der Waals surface area contributed by atoms with Gasteiger partial charge in [0.25, 0.3) is 0 Å². The normalized spacial score (nSPS) is 15.6. The molecule has 1 heterocycles. The summed E-state index contributed by atoms with van der Waals surface area (Å²) >= 11 is 0. The molecule has 0 aromatic rings. The molecule has 0 aliphatic carbocycles. The van der Waals surface area contributed by atoms with Crippen molar-refractivity contribution in [1.29, 1.82) is 0 Å². The summed E-state index contributed by atoms with van der Waals surface area (Å²) in [6, 6.07) is 0. The van der Waals surface area contributed by atoms with Crippen LogP contribution in [0.1, 0.15) is 19.3 Å². The average molecular weight is 300 g/mol. The second-order valence-corrected chi connectivity index (χ2v) is 5.00. The molecule has 0 bridgehead atoms. The molecule has 8 heteroatoms. The number of carbonyl (C=O) groups excluding carboxylic acids is 3. The molecule has 21 heavy (non-hydrogen) atoms. The van der Waals surface area contributed by atoms with Crippen LogP contribution in [-0.2, 0) is 14.4 Å². The van der Waals surface area contributed by atoms with Crippen molar-refractivity contribution < 1.29 is 19.5 Å². The van der Waals surface area contributed by atoms with Gasteiger partial charge in [-0.3, -0.25) is 14.4 Å². The summed E-state index contributed by atoms with van der Waals surface area (Å²) in [5.74, 6) is -0.629. The first-order valence-electron chi connectivity index (χ1n) is 7.21. The summed E-state index contributed by atoms with van der Waals surface area (Å²) in [5.41, 5.74) is 5.14. The molecule has 0 unspecified atom stereocenters. The van der Waals surface area contributed by atoms with Crippen molar-refractivity contribution in [3.63, 3.8) is 0 Å². The molecule has 0 saturated carbocycles. The summed E-state index contributed by atoms with van der Waals surface area (Å²) < 4.78 is 0. The molecular formula is C13H24N4O4. The van der Waals surface area contributed by atoms with Crippen LogP contribution < -0.4 is 16.4 Å². The van der Waals surface area contributed by atoms with E-state index in [1.54, 1.807) is 4.90 Å². The zero-order valence-corrected chi connectivity index (χ0v) is 12.1. The molecule has 1 fully saturated rings. The number of nitrogens with zero attached hydrogens (tertiary/aromatic N) is 1. The van der Waals surface area contributed by atoms with Crippen molar-refractivity contribution in [1.82, 2.24) is 15.5 Å². The van der Waals surface area contributed by atoms with E-state index in [2.05, 4.69) is 10.6 Å². The van der Waals surface area contributed by atoms with Gasteiger partial charge in [-0.2, -0.15) is 0 Å². The zero-order chi connectivity index (χ0) is 15.7. The molecule has 1 rings (SSSR count). The predicted octanol–water partition coefficient (Wildman–Crippen LogP) is -2.20. The third-order valence-corrected chi connectivity index (χ3v) is 3.47. The second-order valence-electron chi connectivity index (χ2n) is 5.00. The summed E-state index contributed by atoms with van der Waals surface area (Å²) in [7, 11) is 0. The average Bonchev–Trinajstić information content (AvgIpc) is 2.52. The van der Waals surface area contributed by atoms with E-state index in [4.69, 9.17) is 10.8 Å². The topological polar surface area (TPSA) is 125 Å². The van der Waals surface area contributed by atoms with E-state index >= 15 is 0 Å². The fraction of sp³-hybridized carbons (Fsp3) is 0.769. The van der Waals surface area contributed by atoms with Crippen LogP contribution in [0.15, 0.2) is 0 Å². The Morgan fingerprint density at radius 3 is 2.43 bits per heavy atom. The van der Waals surface area contributed by atoms with Gasteiger partial charge in [0.2, 0.25) is 17.7 Å². The largest absolute Gasteiger partial charge is 0.396 e.